The Kier molecular flexibility index (Phi) is 4.04. The molecule has 1 saturated heterocycles. The van der Waals surface area contributed by atoms with E-state index >= 15 is 0 Å². The van der Waals surface area contributed by atoms with E-state index in [0.29, 0.717) is 19.6 Å². The van der Waals surface area contributed by atoms with E-state index in [2.05, 4.69) is 4.98 Å². The molecule has 1 aliphatic rings. The Hall–Kier alpha value is -1.56. The molecule has 20 heavy (non-hydrogen) atoms. The molecule has 0 spiro atoms. The Morgan fingerprint density at radius 1 is 1.50 bits per heavy atom. The summed E-state index contributed by atoms with van der Waals surface area (Å²) in [6.45, 7) is 7.45. The minimum atomic E-state index is -0.472. The van der Waals surface area contributed by atoms with Crippen LogP contribution in [0, 0.1) is 5.92 Å². The van der Waals surface area contributed by atoms with Crippen molar-refractivity contribution in [2.24, 2.45) is 18.7 Å². The number of aryl methyl sites for hydroxylation is 1. The Bertz CT molecular complexity index is 478. The molecule has 2 atom stereocenters. The van der Waals surface area contributed by atoms with Crippen molar-refractivity contribution < 1.29 is 9.53 Å². The number of hydrogen-bond donors (Lipinski definition) is 1. The molecule has 2 rings (SSSR count). The van der Waals surface area contributed by atoms with Gasteiger partial charge in [-0.2, -0.15) is 0 Å². The van der Waals surface area contributed by atoms with Gasteiger partial charge in [-0.3, -0.25) is 0 Å². The number of nitrogens with zero attached hydrogens (tertiary/aromatic N) is 3. The average Bonchev–Trinajstić information content (AvgIpc) is 2.91. The lowest BCUT2D eigenvalue weighted by molar-refractivity contribution is 0.0287. The van der Waals surface area contributed by atoms with Crippen LogP contribution in [0.4, 0.5) is 4.79 Å². The van der Waals surface area contributed by atoms with Gasteiger partial charge in [0.1, 0.15) is 5.60 Å². The topological polar surface area (TPSA) is 73.4 Å². The first kappa shape index (κ1) is 14.8. The highest BCUT2D eigenvalue weighted by atomic mass is 16.6. The number of imidazole rings is 1. The normalized spacial score (nSPS) is 23.1. The summed E-state index contributed by atoms with van der Waals surface area (Å²) in [6.07, 6.45) is 3.37. The Balaban J connectivity index is 2.10. The van der Waals surface area contributed by atoms with Crippen molar-refractivity contribution in [2.45, 2.75) is 32.3 Å². The predicted molar refractivity (Wildman–Crippen MR) is 76.3 cm³/mol. The highest BCUT2D eigenvalue weighted by Crippen LogP contribution is 2.32. The van der Waals surface area contributed by atoms with Gasteiger partial charge in [0.05, 0.1) is 6.33 Å². The summed E-state index contributed by atoms with van der Waals surface area (Å²) in [5.74, 6) is 0.470. The fourth-order valence-electron chi connectivity index (χ4n) is 2.65. The fraction of sp³-hybridized carbons (Fsp3) is 0.714. The van der Waals surface area contributed by atoms with Gasteiger partial charge in [-0.1, -0.05) is 0 Å². The van der Waals surface area contributed by atoms with Crippen LogP contribution in [0.15, 0.2) is 12.5 Å². The molecule has 1 aromatic rings. The van der Waals surface area contributed by atoms with Crippen LogP contribution in [-0.2, 0) is 11.8 Å². The number of likely N-dealkylation sites (tertiary alicyclic amines) is 1. The number of hydrogen-bond acceptors (Lipinski definition) is 4. The lowest BCUT2D eigenvalue weighted by Crippen LogP contribution is -2.35. The number of rotatable bonds is 2. The third-order valence-electron chi connectivity index (χ3n) is 3.63. The van der Waals surface area contributed by atoms with Gasteiger partial charge in [-0.25, -0.2) is 9.78 Å². The molecular formula is C14H24N4O2. The molecule has 0 radical (unpaired) electrons. The molecule has 2 N–H and O–H groups in total. The van der Waals surface area contributed by atoms with Gasteiger partial charge < -0.3 is 19.9 Å². The number of amides is 1. The van der Waals surface area contributed by atoms with Gasteiger partial charge in [0.15, 0.2) is 0 Å². The summed E-state index contributed by atoms with van der Waals surface area (Å²) in [7, 11) is 1.96. The van der Waals surface area contributed by atoms with Gasteiger partial charge in [0, 0.05) is 37.9 Å². The van der Waals surface area contributed by atoms with Crippen LogP contribution >= 0.6 is 0 Å². The number of carbonyl (C=O) groups is 1. The zero-order valence-electron chi connectivity index (χ0n) is 12.7. The smallest absolute Gasteiger partial charge is 0.410 e. The molecule has 1 aliphatic heterocycles. The third kappa shape index (κ3) is 3.12. The van der Waals surface area contributed by atoms with E-state index in [1.807, 2.05) is 38.6 Å². The van der Waals surface area contributed by atoms with Crippen molar-refractivity contribution >= 4 is 6.09 Å². The summed E-state index contributed by atoms with van der Waals surface area (Å²) in [5.41, 5.74) is 6.51. The zero-order valence-corrected chi connectivity index (χ0v) is 12.7. The maximum absolute atomic E-state index is 12.2. The first-order valence-corrected chi connectivity index (χ1v) is 6.96. The second-order valence-electron chi connectivity index (χ2n) is 6.42. The van der Waals surface area contributed by atoms with Crippen LogP contribution in [-0.4, -0.2) is 45.8 Å². The Morgan fingerprint density at radius 3 is 2.70 bits per heavy atom. The molecule has 6 nitrogen and oxygen atoms in total. The second-order valence-corrected chi connectivity index (χ2v) is 6.42. The fourth-order valence-corrected chi connectivity index (χ4v) is 2.65. The van der Waals surface area contributed by atoms with Gasteiger partial charge in [-0.05, 0) is 33.2 Å². The first-order chi connectivity index (χ1) is 9.31. The SMILES string of the molecule is Cn1cncc1[C@@H]1CN(C(=O)OC(C)(C)C)C[C@H]1CN. The molecule has 0 bridgehead atoms. The quantitative estimate of drug-likeness (QED) is 0.887. The molecule has 112 valence electrons. The van der Waals surface area contributed by atoms with Crippen molar-refractivity contribution in [2.75, 3.05) is 19.6 Å². The number of carbonyl (C=O) groups excluding carboxylic acids is 1. The molecule has 0 aromatic carbocycles. The van der Waals surface area contributed by atoms with Gasteiger partial charge in [0.25, 0.3) is 0 Å². The van der Waals surface area contributed by atoms with Crippen LogP contribution in [0.2, 0.25) is 0 Å². The average molecular weight is 280 g/mol. The molecule has 1 fully saturated rings. The summed E-state index contributed by atoms with van der Waals surface area (Å²) in [5, 5.41) is 0. The van der Waals surface area contributed by atoms with Crippen LogP contribution in [0.3, 0.4) is 0 Å². The van der Waals surface area contributed by atoms with E-state index in [0.717, 1.165) is 5.69 Å². The Morgan fingerprint density at radius 2 is 2.20 bits per heavy atom. The van der Waals surface area contributed by atoms with E-state index < -0.39 is 5.60 Å². The molecule has 2 heterocycles. The Labute approximate surface area is 119 Å². The van der Waals surface area contributed by atoms with E-state index in [1.54, 1.807) is 11.2 Å². The van der Waals surface area contributed by atoms with E-state index in [9.17, 15) is 4.79 Å². The van der Waals surface area contributed by atoms with Crippen molar-refractivity contribution in [3.63, 3.8) is 0 Å². The van der Waals surface area contributed by atoms with Crippen molar-refractivity contribution in [1.82, 2.24) is 14.5 Å². The molecule has 0 saturated carbocycles. The molecule has 1 amide bonds. The monoisotopic (exact) mass is 280 g/mol. The van der Waals surface area contributed by atoms with Crippen molar-refractivity contribution in [3.05, 3.63) is 18.2 Å². The molecular weight excluding hydrogens is 256 g/mol. The summed E-state index contributed by atoms with van der Waals surface area (Å²) < 4.78 is 7.43. The lowest BCUT2D eigenvalue weighted by Gasteiger charge is -2.24. The first-order valence-electron chi connectivity index (χ1n) is 6.96. The lowest BCUT2D eigenvalue weighted by atomic mass is 9.93. The maximum atomic E-state index is 12.2. The van der Waals surface area contributed by atoms with Crippen LogP contribution in [0.25, 0.3) is 0 Å². The number of nitrogens with two attached hydrogens (primary N) is 1. The van der Waals surface area contributed by atoms with Gasteiger partial charge >= 0.3 is 6.09 Å². The maximum Gasteiger partial charge on any atom is 0.410 e. The molecule has 6 heteroatoms. The standard InChI is InChI=1S/C14H24N4O2/c1-14(2,3)20-13(19)18-7-10(5-15)11(8-18)12-6-16-9-17(12)4/h6,9-11H,5,7-8,15H2,1-4H3/t10-,11-/m1/s1. The van der Waals surface area contributed by atoms with Gasteiger partial charge in [-0.15, -0.1) is 0 Å². The van der Waals surface area contributed by atoms with E-state index in [4.69, 9.17) is 10.5 Å². The van der Waals surface area contributed by atoms with Crippen molar-refractivity contribution in [3.8, 4) is 0 Å². The predicted octanol–water partition coefficient (Wildman–Crippen LogP) is 1.33. The minimum Gasteiger partial charge on any atom is -0.444 e. The summed E-state index contributed by atoms with van der Waals surface area (Å²) in [4.78, 5) is 18.1. The summed E-state index contributed by atoms with van der Waals surface area (Å²) >= 11 is 0. The van der Waals surface area contributed by atoms with Crippen LogP contribution in [0.1, 0.15) is 32.4 Å². The molecule has 0 unspecified atom stereocenters. The highest BCUT2D eigenvalue weighted by Gasteiger charge is 2.38. The highest BCUT2D eigenvalue weighted by molar-refractivity contribution is 5.68. The molecule has 1 aromatic heterocycles. The van der Waals surface area contributed by atoms with Crippen LogP contribution in [0.5, 0.6) is 0 Å². The minimum absolute atomic E-state index is 0.222. The third-order valence-corrected chi connectivity index (χ3v) is 3.63. The second kappa shape index (κ2) is 5.44. The van der Waals surface area contributed by atoms with Gasteiger partial charge in [0.2, 0.25) is 0 Å². The van der Waals surface area contributed by atoms with Crippen molar-refractivity contribution in [1.29, 1.82) is 0 Å². The summed E-state index contributed by atoms with van der Waals surface area (Å²) in [6, 6.07) is 0. The zero-order chi connectivity index (χ0) is 14.9. The number of ether oxygens (including phenoxy) is 1. The molecule has 0 aliphatic carbocycles. The number of aromatic nitrogens is 2. The largest absolute Gasteiger partial charge is 0.444 e. The van der Waals surface area contributed by atoms with E-state index in [1.165, 1.54) is 0 Å². The van der Waals surface area contributed by atoms with E-state index in [-0.39, 0.29) is 17.9 Å². The van der Waals surface area contributed by atoms with Crippen LogP contribution < -0.4 is 5.73 Å².